The largest absolute Gasteiger partial charge is 0.390 e. The number of aliphatic imine (C=N–C) groups is 1. The Morgan fingerprint density at radius 3 is 2.74 bits per heavy atom. The van der Waals surface area contributed by atoms with E-state index in [-0.39, 0.29) is 12.1 Å². The third-order valence-electron chi connectivity index (χ3n) is 7.30. The van der Waals surface area contributed by atoms with Crippen LogP contribution in [0.4, 0.5) is 5.69 Å². The SMILES string of the molecule is Cn1cc(-c2ccc3c(n2)C(c2nc4c(N5CCCCC5)cncc4[nH]2)=NC32CC2)c(CO)n1. The van der Waals surface area contributed by atoms with Gasteiger partial charge in [-0.1, -0.05) is 6.07 Å². The number of nitrogens with one attached hydrogen (secondary N) is 1. The Morgan fingerprint density at radius 2 is 1.94 bits per heavy atom. The van der Waals surface area contributed by atoms with E-state index in [4.69, 9.17) is 15.0 Å². The van der Waals surface area contributed by atoms with Gasteiger partial charge in [0, 0.05) is 37.5 Å². The Balaban J connectivity index is 1.35. The number of aryl methyl sites for hydroxylation is 1. The van der Waals surface area contributed by atoms with Crippen LogP contribution >= 0.6 is 0 Å². The summed E-state index contributed by atoms with van der Waals surface area (Å²) in [7, 11) is 1.85. The van der Waals surface area contributed by atoms with Gasteiger partial charge >= 0.3 is 0 Å². The molecular weight excluding hydrogens is 428 g/mol. The molecule has 3 aliphatic rings. The molecule has 34 heavy (non-hydrogen) atoms. The number of fused-ring (bicyclic) bond motifs is 3. The fourth-order valence-corrected chi connectivity index (χ4v) is 5.42. The van der Waals surface area contributed by atoms with Crippen molar-refractivity contribution >= 4 is 22.4 Å². The van der Waals surface area contributed by atoms with Crippen molar-refractivity contribution in [1.29, 1.82) is 0 Å². The first-order valence-electron chi connectivity index (χ1n) is 12.0. The summed E-state index contributed by atoms with van der Waals surface area (Å²) in [5, 5.41) is 14.1. The normalized spacial score (nSPS) is 18.5. The number of pyridine rings is 2. The van der Waals surface area contributed by atoms with Crippen LogP contribution in [0.25, 0.3) is 22.3 Å². The van der Waals surface area contributed by atoms with Crippen molar-refractivity contribution in [2.75, 3.05) is 18.0 Å². The summed E-state index contributed by atoms with van der Waals surface area (Å²) in [6.45, 7) is 1.95. The molecule has 9 heteroatoms. The number of aromatic nitrogens is 6. The van der Waals surface area contributed by atoms with E-state index in [1.807, 2.05) is 31.7 Å². The van der Waals surface area contributed by atoms with Crippen LogP contribution in [0.15, 0.2) is 35.7 Å². The Labute approximate surface area is 196 Å². The van der Waals surface area contributed by atoms with Gasteiger partial charge in [-0.15, -0.1) is 0 Å². The Bertz CT molecular complexity index is 1460. The highest BCUT2D eigenvalue weighted by Gasteiger charge is 2.51. The molecular formula is C25H26N8O. The van der Waals surface area contributed by atoms with E-state index < -0.39 is 0 Å². The number of piperidine rings is 1. The first kappa shape index (κ1) is 19.8. The number of imidazole rings is 1. The number of hydrogen-bond donors (Lipinski definition) is 2. The second kappa shape index (κ2) is 7.20. The molecule has 7 rings (SSSR count). The third kappa shape index (κ3) is 2.93. The van der Waals surface area contributed by atoms with Crippen molar-refractivity contribution in [2.45, 2.75) is 44.2 Å². The molecule has 1 saturated heterocycles. The van der Waals surface area contributed by atoms with Crippen LogP contribution in [0, 0.1) is 0 Å². The number of aliphatic hydroxyl groups is 1. The molecule has 2 N–H and O–H groups in total. The predicted molar refractivity (Wildman–Crippen MR) is 129 cm³/mol. The van der Waals surface area contributed by atoms with Crippen LogP contribution < -0.4 is 4.90 Å². The average Bonchev–Trinajstić information content (AvgIpc) is 3.21. The molecule has 4 aromatic heterocycles. The van der Waals surface area contributed by atoms with Crippen LogP contribution in [0.5, 0.6) is 0 Å². The quantitative estimate of drug-likeness (QED) is 0.491. The van der Waals surface area contributed by atoms with E-state index in [1.54, 1.807) is 4.68 Å². The van der Waals surface area contributed by atoms with Gasteiger partial charge in [-0.25, -0.2) is 9.97 Å². The molecule has 172 valence electrons. The molecule has 2 aliphatic heterocycles. The van der Waals surface area contributed by atoms with Crippen molar-refractivity contribution in [2.24, 2.45) is 12.0 Å². The summed E-state index contributed by atoms with van der Waals surface area (Å²) in [5.74, 6) is 0.740. The highest BCUT2D eigenvalue weighted by molar-refractivity contribution is 6.14. The molecule has 0 radical (unpaired) electrons. The van der Waals surface area contributed by atoms with Gasteiger partial charge in [-0.05, 0) is 38.2 Å². The van der Waals surface area contributed by atoms with Crippen LogP contribution in [-0.2, 0) is 19.2 Å². The van der Waals surface area contributed by atoms with Gasteiger partial charge in [0.2, 0.25) is 0 Å². The van der Waals surface area contributed by atoms with Crippen molar-refractivity contribution in [3.63, 3.8) is 0 Å². The first-order valence-corrected chi connectivity index (χ1v) is 12.0. The average molecular weight is 455 g/mol. The van der Waals surface area contributed by atoms with Gasteiger partial charge in [-0.2, -0.15) is 5.10 Å². The molecule has 0 aromatic carbocycles. The minimum Gasteiger partial charge on any atom is -0.390 e. The van der Waals surface area contributed by atoms with Crippen LogP contribution in [-0.4, -0.2) is 53.6 Å². The predicted octanol–water partition coefficient (Wildman–Crippen LogP) is 3.08. The zero-order valence-corrected chi connectivity index (χ0v) is 19.1. The van der Waals surface area contributed by atoms with E-state index in [9.17, 15) is 5.11 Å². The monoisotopic (exact) mass is 454 g/mol. The molecule has 0 amide bonds. The number of nitrogens with zero attached hydrogens (tertiary/aromatic N) is 7. The topological polar surface area (TPSA) is 108 Å². The summed E-state index contributed by atoms with van der Waals surface area (Å²) >= 11 is 0. The van der Waals surface area contributed by atoms with Gasteiger partial charge in [0.1, 0.15) is 11.2 Å². The Morgan fingerprint density at radius 1 is 1.09 bits per heavy atom. The Hall–Kier alpha value is -3.59. The minimum atomic E-state index is -0.169. The molecule has 6 heterocycles. The van der Waals surface area contributed by atoms with E-state index >= 15 is 0 Å². The molecule has 9 nitrogen and oxygen atoms in total. The van der Waals surface area contributed by atoms with Crippen LogP contribution in [0.3, 0.4) is 0 Å². The molecule has 1 saturated carbocycles. The van der Waals surface area contributed by atoms with E-state index in [0.29, 0.717) is 5.69 Å². The molecule has 2 fully saturated rings. The molecule has 1 spiro atoms. The van der Waals surface area contributed by atoms with Crippen LogP contribution in [0.1, 0.15) is 54.9 Å². The van der Waals surface area contributed by atoms with Crippen LogP contribution in [0.2, 0.25) is 0 Å². The summed E-state index contributed by atoms with van der Waals surface area (Å²) in [6.07, 6.45) is 11.4. The van der Waals surface area contributed by atoms with Gasteiger partial charge in [-0.3, -0.25) is 14.7 Å². The standard InChI is InChI=1S/C25H26N8O/c1-32-13-15(19(14-34)31-32)17-6-5-16-21(27-17)23(30-25(16)7-8-25)24-28-18-11-26-12-20(22(18)29-24)33-9-3-2-4-10-33/h5-6,11-13,34H,2-4,7-10,14H2,1H3,(H,28,29). The smallest absolute Gasteiger partial charge is 0.159 e. The third-order valence-corrected chi connectivity index (χ3v) is 7.30. The lowest BCUT2D eigenvalue weighted by molar-refractivity contribution is 0.276. The van der Waals surface area contributed by atoms with E-state index in [0.717, 1.165) is 76.7 Å². The highest BCUT2D eigenvalue weighted by atomic mass is 16.3. The van der Waals surface area contributed by atoms with Gasteiger partial charge in [0.05, 0.1) is 52.8 Å². The van der Waals surface area contributed by atoms with Gasteiger partial charge in [0.15, 0.2) is 5.82 Å². The maximum Gasteiger partial charge on any atom is 0.159 e. The van der Waals surface area contributed by atoms with Gasteiger partial charge < -0.3 is 15.0 Å². The number of rotatable bonds is 4. The second-order valence-electron chi connectivity index (χ2n) is 9.59. The number of anilines is 1. The van der Waals surface area contributed by atoms with Crippen molar-refractivity contribution in [3.8, 4) is 11.3 Å². The minimum absolute atomic E-state index is 0.129. The lowest BCUT2D eigenvalue weighted by Crippen LogP contribution is -2.29. The first-order chi connectivity index (χ1) is 16.6. The van der Waals surface area contributed by atoms with Crippen molar-refractivity contribution in [3.05, 3.63) is 53.5 Å². The number of H-pyrrole nitrogens is 1. The van der Waals surface area contributed by atoms with Crippen molar-refractivity contribution < 1.29 is 5.11 Å². The maximum absolute atomic E-state index is 9.77. The molecule has 0 bridgehead atoms. The fourth-order valence-electron chi connectivity index (χ4n) is 5.42. The Kier molecular flexibility index (Phi) is 4.20. The summed E-state index contributed by atoms with van der Waals surface area (Å²) in [4.78, 5) is 25.6. The zero-order chi connectivity index (χ0) is 22.9. The number of hydrogen-bond acceptors (Lipinski definition) is 7. The molecule has 1 aliphatic carbocycles. The van der Waals surface area contributed by atoms with E-state index in [2.05, 4.69) is 26.0 Å². The summed E-state index contributed by atoms with van der Waals surface area (Å²) in [6, 6.07) is 4.16. The maximum atomic E-state index is 9.77. The lowest BCUT2D eigenvalue weighted by atomic mass is 10.0. The fraction of sp³-hybridized carbons (Fsp3) is 0.400. The molecule has 0 atom stereocenters. The van der Waals surface area contributed by atoms with Gasteiger partial charge in [0.25, 0.3) is 0 Å². The summed E-state index contributed by atoms with van der Waals surface area (Å²) in [5.41, 5.74) is 7.87. The molecule has 0 unspecified atom stereocenters. The summed E-state index contributed by atoms with van der Waals surface area (Å²) < 4.78 is 1.71. The molecule has 4 aromatic rings. The highest BCUT2D eigenvalue weighted by Crippen LogP contribution is 2.54. The second-order valence-corrected chi connectivity index (χ2v) is 9.59. The number of aromatic amines is 1. The van der Waals surface area contributed by atoms with Crippen molar-refractivity contribution in [1.82, 2.24) is 29.7 Å². The zero-order valence-electron chi connectivity index (χ0n) is 19.1. The number of aliphatic hydroxyl groups excluding tert-OH is 1. The van der Waals surface area contributed by atoms with E-state index in [1.165, 1.54) is 19.3 Å². The lowest BCUT2D eigenvalue weighted by Gasteiger charge is -2.28.